The molecule has 0 atom stereocenters. The largest absolute Gasteiger partial charge is 0.493 e. The molecule has 0 spiro atoms. The first-order valence-corrected chi connectivity index (χ1v) is 9.99. The number of ether oxygens (including phenoxy) is 3. The van der Waals surface area contributed by atoms with Crippen LogP contribution in [0.3, 0.4) is 0 Å². The lowest BCUT2D eigenvalue weighted by molar-refractivity contribution is 0.100. The van der Waals surface area contributed by atoms with E-state index in [1.165, 1.54) is 11.3 Å². The van der Waals surface area contributed by atoms with Gasteiger partial charge in [0.2, 0.25) is 11.7 Å². The molecule has 29 heavy (non-hydrogen) atoms. The van der Waals surface area contributed by atoms with E-state index in [0.717, 1.165) is 25.6 Å². The van der Waals surface area contributed by atoms with Crippen LogP contribution >= 0.6 is 27.3 Å². The van der Waals surface area contributed by atoms with Crippen LogP contribution in [0.1, 0.15) is 20.9 Å². The number of amides is 1. The van der Waals surface area contributed by atoms with E-state index >= 15 is 0 Å². The Morgan fingerprint density at radius 2 is 1.72 bits per heavy atom. The maximum Gasteiger partial charge on any atom is 0.248 e. The molecule has 3 aromatic rings. The minimum atomic E-state index is -0.464. The lowest BCUT2D eigenvalue weighted by Gasteiger charge is -2.15. The summed E-state index contributed by atoms with van der Waals surface area (Å²) in [7, 11) is 4.69. The Balaban J connectivity index is 1.88. The molecule has 1 heterocycles. The highest BCUT2D eigenvalue weighted by Gasteiger charge is 2.18. The predicted molar refractivity (Wildman–Crippen MR) is 117 cm³/mol. The second-order valence-electron chi connectivity index (χ2n) is 5.77. The lowest BCUT2D eigenvalue weighted by atomic mass is 10.1. The summed E-state index contributed by atoms with van der Waals surface area (Å²) in [5.74, 6) is 1.14. The van der Waals surface area contributed by atoms with Crippen LogP contribution in [0.5, 0.6) is 17.2 Å². The van der Waals surface area contributed by atoms with Gasteiger partial charge in [0.1, 0.15) is 10.0 Å². The molecule has 1 amide bonds. The Hall–Kier alpha value is -2.91. The fourth-order valence-corrected chi connectivity index (χ4v) is 3.96. The van der Waals surface area contributed by atoms with Gasteiger partial charge in [0.05, 0.1) is 25.8 Å². The third-order valence-corrected chi connectivity index (χ3v) is 5.82. The number of hydrogen-bond acceptors (Lipinski definition) is 7. The number of carbonyl (C=O) groups excluding carboxylic acids is 1. The Morgan fingerprint density at radius 3 is 2.31 bits per heavy atom. The van der Waals surface area contributed by atoms with Gasteiger partial charge in [-0.25, -0.2) is 0 Å². The van der Waals surface area contributed by atoms with Gasteiger partial charge in [0.15, 0.2) is 11.5 Å². The number of primary amides is 1. The number of nitrogens with zero attached hydrogens (tertiary/aromatic N) is 2. The van der Waals surface area contributed by atoms with Crippen LogP contribution < -0.4 is 19.9 Å². The monoisotopic (exact) mass is 475 g/mol. The summed E-state index contributed by atoms with van der Waals surface area (Å²) in [6.07, 6.45) is 3.74. The number of methoxy groups -OCH3 is 3. The molecule has 0 fully saturated rings. The summed E-state index contributed by atoms with van der Waals surface area (Å²) in [4.78, 5) is 11.2. The van der Waals surface area contributed by atoms with E-state index in [-0.39, 0.29) is 0 Å². The number of carbonyl (C=O) groups is 1. The number of benzene rings is 2. The maximum atomic E-state index is 11.2. The molecule has 9 heteroatoms. The molecule has 7 nitrogen and oxygen atoms in total. The quantitative estimate of drug-likeness (QED) is 0.548. The number of aromatic nitrogens is 2. The van der Waals surface area contributed by atoms with Crippen LogP contribution in [0.2, 0.25) is 0 Å². The summed E-state index contributed by atoms with van der Waals surface area (Å²) >= 11 is 4.97. The van der Waals surface area contributed by atoms with Crippen molar-refractivity contribution in [3.63, 3.8) is 0 Å². The second-order valence-corrected chi connectivity index (χ2v) is 7.57. The van der Waals surface area contributed by atoms with Crippen molar-refractivity contribution in [1.29, 1.82) is 0 Å². The Kier molecular flexibility index (Phi) is 6.50. The predicted octanol–water partition coefficient (Wildman–Crippen LogP) is 4.26. The van der Waals surface area contributed by atoms with E-state index in [9.17, 15) is 4.79 Å². The van der Waals surface area contributed by atoms with Crippen LogP contribution in [0.4, 0.5) is 0 Å². The first-order chi connectivity index (χ1) is 14.0. The fourth-order valence-electron chi connectivity index (χ4n) is 2.62. The lowest BCUT2D eigenvalue weighted by Crippen LogP contribution is -2.10. The highest BCUT2D eigenvalue weighted by molar-refractivity contribution is 9.10. The van der Waals surface area contributed by atoms with Crippen molar-refractivity contribution in [3.8, 4) is 27.8 Å². The second kappa shape index (κ2) is 9.06. The maximum absolute atomic E-state index is 11.2. The van der Waals surface area contributed by atoms with Gasteiger partial charge >= 0.3 is 0 Å². The van der Waals surface area contributed by atoms with Crippen molar-refractivity contribution in [2.24, 2.45) is 5.73 Å². The van der Waals surface area contributed by atoms with Gasteiger partial charge in [-0.15, -0.1) is 10.2 Å². The summed E-state index contributed by atoms with van der Waals surface area (Å²) < 4.78 is 17.0. The van der Waals surface area contributed by atoms with Crippen molar-refractivity contribution in [2.45, 2.75) is 0 Å². The minimum Gasteiger partial charge on any atom is -0.493 e. The molecule has 2 N–H and O–H groups in total. The number of halogens is 1. The zero-order chi connectivity index (χ0) is 21.0. The Bertz CT molecular complexity index is 1060. The summed E-state index contributed by atoms with van der Waals surface area (Å²) in [6.45, 7) is 0. The molecular weight excluding hydrogens is 458 g/mol. The molecule has 2 aromatic carbocycles. The number of rotatable bonds is 7. The van der Waals surface area contributed by atoms with E-state index in [0.29, 0.717) is 22.8 Å². The van der Waals surface area contributed by atoms with Gasteiger partial charge in [-0.2, -0.15) is 0 Å². The SMILES string of the molecule is COc1cc(C=Cc2nnc(-c3ccc(C(N)=O)cc3)s2)c(Br)c(OC)c1OC. The molecule has 0 saturated heterocycles. The molecule has 0 aliphatic carbocycles. The molecule has 3 rings (SSSR count). The molecule has 0 radical (unpaired) electrons. The average Bonchev–Trinajstić information content (AvgIpc) is 3.21. The zero-order valence-electron chi connectivity index (χ0n) is 15.9. The van der Waals surface area contributed by atoms with Crippen LogP contribution in [-0.4, -0.2) is 37.4 Å². The van der Waals surface area contributed by atoms with Crippen molar-refractivity contribution in [3.05, 3.63) is 50.9 Å². The van der Waals surface area contributed by atoms with Crippen molar-refractivity contribution in [1.82, 2.24) is 10.2 Å². The normalized spacial score (nSPS) is 10.9. The minimum absolute atomic E-state index is 0.450. The van der Waals surface area contributed by atoms with Gasteiger partial charge in [-0.1, -0.05) is 29.5 Å². The number of nitrogens with two attached hydrogens (primary N) is 1. The van der Waals surface area contributed by atoms with Crippen molar-refractivity contribution in [2.75, 3.05) is 21.3 Å². The van der Waals surface area contributed by atoms with E-state index in [4.69, 9.17) is 19.9 Å². The highest BCUT2D eigenvalue weighted by Crippen LogP contribution is 2.45. The average molecular weight is 476 g/mol. The first-order valence-electron chi connectivity index (χ1n) is 8.38. The first kappa shape index (κ1) is 20.8. The van der Waals surface area contributed by atoms with E-state index < -0.39 is 5.91 Å². The van der Waals surface area contributed by atoms with Crippen LogP contribution in [0.15, 0.2) is 34.8 Å². The third-order valence-electron chi connectivity index (χ3n) is 4.06. The van der Waals surface area contributed by atoms with Crippen molar-refractivity contribution >= 4 is 45.3 Å². The van der Waals surface area contributed by atoms with Gasteiger partial charge < -0.3 is 19.9 Å². The summed E-state index contributed by atoms with van der Waals surface area (Å²) in [5.41, 5.74) is 7.42. The Labute approximate surface area is 180 Å². The Morgan fingerprint density at radius 1 is 1.03 bits per heavy atom. The highest BCUT2D eigenvalue weighted by atomic mass is 79.9. The van der Waals surface area contributed by atoms with Crippen LogP contribution in [0, 0.1) is 0 Å². The van der Waals surface area contributed by atoms with Gasteiger partial charge in [0, 0.05) is 11.1 Å². The molecule has 150 valence electrons. The van der Waals surface area contributed by atoms with Gasteiger partial charge in [0.25, 0.3) is 0 Å². The van der Waals surface area contributed by atoms with Crippen LogP contribution in [-0.2, 0) is 0 Å². The van der Waals surface area contributed by atoms with Gasteiger partial charge in [-0.3, -0.25) is 4.79 Å². The molecule has 0 unspecified atom stereocenters. The third kappa shape index (κ3) is 4.41. The summed E-state index contributed by atoms with van der Waals surface area (Å²) in [5, 5.41) is 9.87. The van der Waals surface area contributed by atoms with Crippen molar-refractivity contribution < 1.29 is 19.0 Å². The van der Waals surface area contributed by atoms with E-state index in [2.05, 4.69) is 26.1 Å². The zero-order valence-corrected chi connectivity index (χ0v) is 18.3. The standard InChI is InChI=1S/C20H18BrN3O4S/c1-26-14-10-13(16(21)18(28-3)17(14)27-2)8-9-15-23-24-20(29-15)12-6-4-11(5-7-12)19(22)25/h4-10H,1-3H3,(H2,22,25). The fraction of sp³-hybridized carbons (Fsp3) is 0.150. The van der Waals surface area contributed by atoms with E-state index in [1.807, 2.05) is 18.2 Å². The van der Waals surface area contributed by atoms with E-state index in [1.54, 1.807) is 45.6 Å². The molecule has 0 bridgehead atoms. The molecular formula is C20H18BrN3O4S. The molecule has 0 aliphatic heterocycles. The topological polar surface area (TPSA) is 96.6 Å². The molecule has 1 aromatic heterocycles. The van der Waals surface area contributed by atoms with Gasteiger partial charge in [-0.05, 0) is 45.8 Å². The van der Waals surface area contributed by atoms with Crippen LogP contribution in [0.25, 0.3) is 22.7 Å². The number of hydrogen-bond donors (Lipinski definition) is 1. The molecule has 0 saturated carbocycles. The summed E-state index contributed by atoms with van der Waals surface area (Å²) in [6, 6.07) is 8.77. The molecule has 0 aliphatic rings. The smallest absolute Gasteiger partial charge is 0.248 e.